The van der Waals surface area contributed by atoms with Crippen LogP contribution in [0.4, 0.5) is 0 Å². The van der Waals surface area contributed by atoms with Crippen LogP contribution in [0.1, 0.15) is 48.4 Å². The van der Waals surface area contributed by atoms with Crippen molar-refractivity contribution in [1.82, 2.24) is 10.5 Å². The largest absolute Gasteiger partial charge is 0.293 e. The number of hydrogen-bond donors (Lipinski definition) is 1. The lowest BCUT2D eigenvalue weighted by atomic mass is 10.2. The highest BCUT2D eigenvalue weighted by molar-refractivity contribution is 5.91. The number of pyridine rings is 1. The molecule has 100 valence electrons. The van der Waals surface area contributed by atoms with Crippen LogP contribution >= 0.6 is 0 Å². The lowest BCUT2D eigenvalue weighted by Gasteiger charge is -2.06. The summed E-state index contributed by atoms with van der Waals surface area (Å²) in [6.45, 7) is 8.46. The number of hydrogen-bond acceptors (Lipinski definition) is 3. The molecule has 4 nitrogen and oxygen atoms in total. The fourth-order valence-electron chi connectivity index (χ4n) is 1.32. The molecule has 0 unspecified atom stereocenters. The average molecular weight is 250 g/mol. The Morgan fingerprint density at radius 3 is 2.61 bits per heavy atom. The van der Waals surface area contributed by atoms with Crippen LogP contribution in [0, 0.1) is 19.8 Å². The van der Waals surface area contributed by atoms with Crippen LogP contribution in [0.15, 0.2) is 12.1 Å². The first-order chi connectivity index (χ1) is 8.66. The minimum absolute atomic E-state index is 0.274. The van der Waals surface area contributed by atoms with Gasteiger partial charge in [0.05, 0.1) is 6.61 Å². The van der Waals surface area contributed by atoms with Crippen molar-refractivity contribution in [2.24, 2.45) is 5.92 Å². The van der Waals surface area contributed by atoms with Crippen molar-refractivity contribution >= 4 is 5.91 Å². The summed E-state index contributed by atoms with van der Waals surface area (Å²) >= 11 is 0. The molecule has 1 fully saturated rings. The molecule has 0 saturated heterocycles. The molecule has 1 N–H and O–H groups in total. The SMILES string of the molecule is CC.Cc1ccc(C(=O)NOCC2CC2)nc1C. The van der Waals surface area contributed by atoms with Gasteiger partial charge in [-0.1, -0.05) is 19.9 Å². The van der Waals surface area contributed by atoms with E-state index in [4.69, 9.17) is 4.84 Å². The molecule has 4 heteroatoms. The van der Waals surface area contributed by atoms with E-state index in [0.29, 0.717) is 18.2 Å². The molecule has 1 aromatic heterocycles. The van der Waals surface area contributed by atoms with E-state index in [1.807, 2.05) is 33.8 Å². The molecular weight excluding hydrogens is 228 g/mol. The predicted octanol–water partition coefficient (Wildman–Crippen LogP) is 2.80. The number of hydroxylamine groups is 1. The second-order valence-corrected chi connectivity index (χ2v) is 4.28. The number of carbonyl (C=O) groups excluding carboxylic acids is 1. The Hall–Kier alpha value is -1.42. The van der Waals surface area contributed by atoms with E-state index in [0.717, 1.165) is 11.3 Å². The number of rotatable bonds is 4. The van der Waals surface area contributed by atoms with Gasteiger partial charge in [0, 0.05) is 5.69 Å². The van der Waals surface area contributed by atoms with Gasteiger partial charge in [0.15, 0.2) is 0 Å². The standard InChI is InChI=1S/C12H16N2O2.C2H6/c1-8-3-6-11(13-9(8)2)12(15)14-16-7-10-4-5-10;1-2/h3,6,10H,4-5,7H2,1-2H3,(H,14,15);1-2H3. The lowest BCUT2D eigenvalue weighted by molar-refractivity contribution is 0.0266. The Labute approximate surface area is 109 Å². The molecular formula is C14H22N2O2. The Morgan fingerprint density at radius 2 is 2.06 bits per heavy atom. The topological polar surface area (TPSA) is 51.2 Å². The fourth-order valence-corrected chi connectivity index (χ4v) is 1.32. The predicted molar refractivity (Wildman–Crippen MR) is 71.2 cm³/mol. The van der Waals surface area contributed by atoms with Crippen LogP contribution in [0.3, 0.4) is 0 Å². The summed E-state index contributed by atoms with van der Waals surface area (Å²) in [5, 5.41) is 0. The van der Waals surface area contributed by atoms with Crippen LogP contribution < -0.4 is 5.48 Å². The van der Waals surface area contributed by atoms with Crippen molar-refractivity contribution in [2.45, 2.75) is 40.5 Å². The first kappa shape index (κ1) is 14.6. The second-order valence-electron chi connectivity index (χ2n) is 4.28. The highest BCUT2D eigenvalue weighted by atomic mass is 16.7. The lowest BCUT2D eigenvalue weighted by Crippen LogP contribution is -2.25. The van der Waals surface area contributed by atoms with Gasteiger partial charge in [-0.3, -0.25) is 9.63 Å². The van der Waals surface area contributed by atoms with E-state index >= 15 is 0 Å². The summed E-state index contributed by atoms with van der Waals surface area (Å²) in [4.78, 5) is 20.9. The van der Waals surface area contributed by atoms with Crippen LogP contribution in [-0.4, -0.2) is 17.5 Å². The summed E-state index contributed by atoms with van der Waals surface area (Å²) in [5.41, 5.74) is 4.77. The van der Waals surface area contributed by atoms with Crippen LogP contribution in [0.5, 0.6) is 0 Å². The summed E-state index contributed by atoms with van der Waals surface area (Å²) in [7, 11) is 0. The monoisotopic (exact) mass is 250 g/mol. The highest BCUT2D eigenvalue weighted by Gasteiger charge is 2.22. The van der Waals surface area contributed by atoms with Gasteiger partial charge >= 0.3 is 0 Å². The number of aryl methyl sites for hydroxylation is 2. The molecule has 0 bridgehead atoms. The maximum Gasteiger partial charge on any atom is 0.293 e. The zero-order valence-electron chi connectivity index (χ0n) is 11.6. The Balaban J connectivity index is 0.000000771. The first-order valence-corrected chi connectivity index (χ1v) is 6.53. The average Bonchev–Trinajstić information content (AvgIpc) is 3.19. The number of carbonyl (C=O) groups is 1. The van der Waals surface area contributed by atoms with E-state index in [2.05, 4.69) is 10.5 Å². The third kappa shape index (κ3) is 4.45. The van der Waals surface area contributed by atoms with Gasteiger partial charge in [-0.2, -0.15) is 0 Å². The third-order valence-electron chi connectivity index (χ3n) is 2.76. The summed E-state index contributed by atoms with van der Waals surface area (Å²) in [5.74, 6) is 0.358. The molecule has 1 aliphatic rings. The van der Waals surface area contributed by atoms with Crippen molar-refractivity contribution < 1.29 is 9.63 Å². The maximum atomic E-state index is 11.6. The number of amides is 1. The number of aromatic nitrogens is 1. The van der Waals surface area contributed by atoms with Crippen molar-refractivity contribution in [3.05, 3.63) is 29.1 Å². The molecule has 1 aromatic rings. The van der Waals surface area contributed by atoms with E-state index in [-0.39, 0.29) is 5.91 Å². The molecule has 0 radical (unpaired) electrons. The summed E-state index contributed by atoms with van der Waals surface area (Å²) in [6.07, 6.45) is 2.41. The van der Waals surface area contributed by atoms with Crippen molar-refractivity contribution in [3.8, 4) is 0 Å². The van der Waals surface area contributed by atoms with Gasteiger partial charge in [-0.05, 0) is 44.2 Å². The molecule has 0 aliphatic heterocycles. The zero-order chi connectivity index (χ0) is 13.5. The number of nitrogens with one attached hydrogen (secondary N) is 1. The van der Waals surface area contributed by atoms with Gasteiger partial charge in [-0.25, -0.2) is 10.5 Å². The van der Waals surface area contributed by atoms with Crippen molar-refractivity contribution in [2.75, 3.05) is 6.61 Å². The second kappa shape index (κ2) is 7.11. The molecule has 0 aromatic carbocycles. The molecule has 1 heterocycles. The van der Waals surface area contributed by atoms with Gasteiger partial charge in [0.25, 0.3) is 5.91 Å². The summed E-state index contributed by atoms with van der Waals surface area (Å²) in [6, 6.07) is 3.59. The van der Waals surface area contributed by atoms with Crippen molar-refractivity contribution in [1.29, 1.82) is 0 Å². The minimum atomic E-state index is -0.274. The first-order valence-electron chi connectivity index (χ1n) is 6.53. The molecule has 2 rings (SSSR count). The highest BCUT2D eigenvalue weighted by Crippen LogP contribution is 2.28. The van der Waals surface area contributed by atoms with Gasteiger partial charge < -0.3 is 0 Å². The zero-order valence-corrected chi connectivity index (χ0v) is 11.6. The Morgan fingerprint density at radius 1 is 1.39 bits per heavy atom. The normalized spacial score (nSPS) is 13.6. The molecule has 0 spiro atoms. The molecule has 18 heavy (non-hydrogen) atoms. The van der Waals surface area contributed by atoms with Crippen LogP contribution in [0.2, 0.25) is 0 Å². The van der Waals surface area contributed by atoms with Gasteiger partial charge in [0.2, 0.25) is 0 Å². The Bertz CT molecular complexity index is 401. The smallest absolute Gasteiger partial charge is 0.273 e. The van der Waals surface area contributed by atoms with Crippen LogP contribution in [-0.2, 0) is 4.84 Å². The molecule has 1 amide bonds. The van der Waals surface area contributed by atoms with E-state index < -0.39 is 0 Å². The quantitative estimate of drug-likeness (QED) is 0.836. The van der Waals surface area contributed by atoms with Gasteiger partial charge in [-0.15, -0.1) is 0 Å². The van der Waals surface area contributed by atoms with Crippen LogP contribution in [0.25, 0.3) is 0 Å². The molecule has 1 saturated carbocycles. The maximum absolute atomic E-state index is 11.6. The molecule has 0 atom stereocenters. The third-order valence-corrected chi connectivity index (χ3v) is 2.76. The van der Waals surface area contributed by atoms with Crippen molar-refractivity contribution in [3.63, 3.8) is 0 Å². The van der Waals surface area contributed by atoms with Gasteiger partial charge in [0.1, 0.15) is 5.69 Å². The number of nitrogens with zero attached hydrogens (tertiary/aromatic N) is 1. The van der Waals surface area contributed by atoms with E-state index in [1.54, 1.807) is 6.07 Å². The minimum Gasteiger partial charge on any atom is -0.273 e. The fraction of sp³-hybridized carbons (Fsp3) is 0.571. The van der Waals surface area contributed by atoms with E-state index in [1.165, 1.54) is 12.8 Å². The summed E-state index contributed by atoms with van der Waals surface area (Å²) < 4.78 is 0. The van der Waals surface area contributed by atoms with E-state index in [9.17, 15) is 4.79 Å². The molecule has 1 aliphatic carbocycles. The Kier molecular flexibility index (Phi) is 5.78.